The van der Waals surface area contributed by atoms with Crippen LogP contribution in [0.4, 0.5) is 0 Å². The van der Waals surface area contributed by atoms with Crippen molar-refractivity contribution >= 4 is 5.57 Å². The minimum Gasteiger partial charge on any atom is -0.393 e. The normalized spacial score (nSPS) is 36.7. The van der Waals surface area contributed by atoms with Crippen LogP contribution in [0.1, 0.15) is 50.2 Å². The monoisotopic (exact) mass is 254 g/mol. The highest BCUT2D eigenvalue weighted by molar-refractivity contribution is 5.74. The molecule has 3 aliphatic rings. The predicted octanol–water partition coefficient (Wildman–Crippen LogP) is 3.96. The fraction of sp³-hybridized carbons (Fsp3) is 0.556. The van der Waals surface area contributed by atoms with Crippen molar-refractivity contribution in [1.29, 1.82) is 0 Å². The highest BCUT2D eigenvalue weighted by Gasteiger charge is 2.50. The van der Waals surface area contributed by atoms with Crippen molar-refractivity contribution in [1.82, 2.24) is 0 Å². The van der Waals surface area contributed by atoms with Gasteiger partial charge in [-0.2, -0.15) is 0 Å². The van der Waals surface area contributed by atoms with E-state index >= 15 is 0 Å². The molecule has 0 spiro atoms. The first-order valence-electron chi connectivity index (χ1n) is 7.68. The van der Waals surface area contributed by atoms with Gasteiger partial charge < -0.3 is 5.11 Å². The molecule has 0 radical (unpaired) electrons. The molecule has 3 atom stereocenters. The standard InChI is InChI=1S/C18H22O/c1-18-11-10-14-13-5-3-2-4-12(13)6-7-15(14)16(18)8-9-17(18)19/h2-5,16-17,19H,6-11H2,1H3/t16-,17+,18-/m1/s1. The maximum absolute atomic E-state index is 10.3. The first-order valence-corrected chi connectivity index (χ1v) is 7.68. The van der Waals surface area contributed by atoms with Crippen molar-refractivity contribution in [3.8, 4) is 0 Å². The third-order valence-corrected chi connectivity index (χ3v) is 6.01. The summed E-state index contributed by atoms with van der Waals surface area (Å²) in [6.07, 6.45) is 6.85. The summed E-state index contributed by atoms with van der Waals surface area (Å²) in [5.41, 5.74) is 6.50. The first kappa shape index (κ1) is 11.7. The summed E-state index contributed by atoms with van der Waals surface area (Å²) in [4.78, 5) is 0. The van der Waals surface area contributed by atoms with E-state index in [-0.39, 0.29) is 11.5 Å². The Bertz CT molecular complexity index is 557. The van der Waals surface area contributed by atoms with Crippen LogP contribution in [-0.2, 0) is 6.42 Å². The van der Waals surface area contributed by atoms with E-state index in [2.05, 4.69) is 31.2 Å². The molecule has 1 saturated carbocycles. The van der Waals surface area contributed by atoms with Gasteiger partial charge >= 0.3 is 0 Å². The van der Waals surface area contributed by atoms with Crippen molar-refractivity contribution in [3.63, 3.8) is 0 Å². The van der Waals surface area contributed by atoms with Crippen molar-refractivity contribution < 1.29 is 5.11 Å². The maximum Gasteiger partial charge on any atom is 0.0599 e. The van der Waals surface area contributed by atoms with E-state index in [1.54, 1.807) is 11.1 Å². The lowest BCUT2D eigenvalue weighted by atomic mass is 9.62. The second kappa shape index (κ2) is 3.96. The molecule has 19 heavy (non-hydrogen) atoms. The SMILES string of the molecule is C[C@@]12CCC3=C(CCc4ccccc43)[C@H]1CC[C@@H]2O. The Morgan fingerprint density at radius 2 is 1.95 bits per heavy atom. The average molecular weight is 254 g/mol. The number of fused-ring (bicyclic) bond motifs is 4. The number of benzene rings is 1. The summed E-state index contributed by atoms with van der Waals surface area (Å²) in [6, 6.07) is 8.93. The topological polar surface area (TPSA) is 20.2 Å². The number of aryl methyl sites for hydroxylation is 1. The molecule has 0 aromatic heterocycles. The molecule has 1 N–H and O–H groups in total. The first-order chi connectivity index (χ1) is 9.20. The van der Waals surface area contributed by atoms with E-state index in [0.29, 0.717) is 5.92 Å². The van der Waals surface area contributed by atoms with E-state index in [0.717, 1.165) is 19.3 Å². The molecular formula is C18H22O. The van der Waals surface area contributed by atoms with Crippen LogP contribution in [0.5, 0.6) is 0 Å². The van der Waals surface area contributed by atoms with Gasteiger partial charge in [0.2, 0.25) is 0 Å². The molecule has 4 rings (SSSR count). The van der Waals surface area contributed by atoms with Crippen LogP contribution in [-0.4, -0.2) is 11.2 Å². The van der Waals surface area contributed by atoms with Crippen LogP contribution >= 0.6 is 0 Å². The van der Waals surface area contributed by atoms with Crippen LogP contribution < -0.4 is 0 Å². The van der Waals surface area contributed by atoms with Gasteiger partial charge in [0.25, 0.3) is 0 Å². The quantitative estimate of drug-likeness (QED) is 0.743. The Morgan fingerprint density at radius 3 is 2.84 bits per heavy atom. The Labute approximate surface area is 115 Å². The lowest BCUT2D eigenvalue weighted by molar-refractivity contribution is 0.0379. The van der Waals surface area contributed by atoms with Crippen molar-refractivity contribution in [2.75, 3.05) is 0 Å². The van der Waals surface area contributed by atoms with Crippen molar-refractivity contribution in [2.45, 2.75) is 51.6 Å². The molecule has 0 amide bonds. The van der Waals surface area contributed by atoms with Gasteiger partial charge in [0.15, 0.2) is 0 Å². The van der Waals surface area contributed by atoms with Crippen LogP contribution in [0, 0.1) is 11.3 Å². The number of aliphatic hydroxyl groups excluding tert-OH is 1. The van der Waals surface area contributed by atoms with Gasteiger partial charge in [-0.3, -0.25) is 0 Å². The molecule has 1 heteroatoms. The molecule has 100 valence electrons. The van der Waals surface area contributed by atoms with Gasteiger partial charge in [-0.25, -0.2) is 0 Å². The summed E-state index contributed by atoms with van der Waals surface area (Å²) < 4.78 is 0. The van der Waals surface area contributed by atoms with Crippen molar-refractivity contribution in [3.05, 3.63) is 41.0 Å². The van der Waals surface area contributed by atoms with Gasteiger partial charge in [-0.15, -0.1) is 0 Å². The van der Waals surface area contributed by atoms with Gasteiger partial charge in [0.1, 0.15) is 0 Å². The summed E-state index contributed by atoms with van der Waals surface area (Å²) in [7, 11) is 0. The molecule has 1 aromatic rings. The Morgan fingerprint density at radius 1 is 1.11 bits per heavy atom. The van der Waals surface area contributed by atoms with Gasteiger partial charge in [0.05, 0.1) is 6.10 Å². The maximum atomic E-state index is 10.3. The summed E-state index contributed by atoms with van der Waals surface area (Å²) in [5, 5.41) is 10.3. The number of allylic oxidation sites excluding steroid dienone is 2. The highest BCUT2D eigenvalue weighted by atomic mass is 16.3. The number of hydrogen-bond acceptors (Lipinski definition) is 1. The molecule has 1 nitrogen and oxygen atoms in total. The lowest BCUT2D eigenvalue weighted by Crippen LogP contribution is -2.37. The molecule has 0 saturated heterocycles. The molecule has 0 bridgehead atoms. The predicted molar refractivity (Wildman–Crippen MR) is 77.8 cm³/mol. The van der Waals surface area contributed by atoms with Crippen LogP contribution in [0.2, 0.25) is 0 Å². The minimum atomic E-state index is -0.0799. The van der Waals surface area contributed by atoms with Crippen molar-refractivity contribution in [2.24, 2.45) is 11.3 Å². The van der Waals surface area contributed by atoms with E-state index < -0.39 is 0 Å². The molecule has 1 aromatic carbocycles. The minimum absolute atomic E-state index is 0.0799. The summed E-state index contributed by atoms with van der Waals surface area (Å²) >= 11 is 0. The average Bonchev–Trinajstić information content (AvgIpc) is 2.75. The Balaban J connectivity index is 1.84. The van der Waals surface area contributed by atoms with E-state index in [4.69, 9.17) is 0 Å². The van der Waals surface area contributed by atoms with E-state index in [1.807, 2.05) is 0 Å². The van der Waals surface area contributed by atoms with Gasteiger partial charge in [-0.1, -0.05) is 36.8 Å². The summed E-state index contributed by atoms with van der Waals surface area (Å²) in [5.74, 6) is 0.639. The Kier molecular flexibility index (Phi) is 2.44. The fourth-order valence-electron chi connectivity index (χ4n) is 4.83. The van der Waals surface area contributed by atoms with Crippen LogP contribution in [0.25, 0.3) is 5.57 Å². The molecule has 1 fully saturated rings. The van der Waals surface area contributed by atoms with Gasteiger partial charge in [-0.05, 0) is 61.1 Å². The summed E-state index contributed by atoms with van der Waals surface area (Å²) in [6.45, 7) is 2.32. The lowest BCUT2D eigenvalue weighted by Gasteiger charge is -2.43. The second-order valence-corrected chi connectivity index (χ2v) is 6.81. The van der Waals surface area contributed by atoms with Gasteiger partial charge in [0, 0.05) is 5.41 Å². The fourth-order valence-corrected chi connectivity index (χ4v) is 4.83. The molecule has 0 unspecified atom stereocenters. The number of aliphatic hydroxyl groups is 1. The number of rotatable bonds is 0. The zero-order chi connectivity index (χ0) is 13.0. The largest absolute Gasteiger partial charge is 0.393 e. The Hall–Kier alpha value is -1.08. The van der Waals surface area contributed by atoms with E-state index in [9.17, 15) is 5.11 Å². The zero-order valence-electron chi connectivity index (χ0n) is 11.7. The van der Waals surface area contributed by atoms with E-state index in [1.165, 1.54) is 30.4 Å². The molecule has 3 aliphatic carbocycles. The van der Waals surface area contributed by atoms with Crippen LogP contribution in [0.15, 0.2) is 29.8 Å². The number of hydrogen-bond donors (Lipinski definition) is 1. The van der Waals surface area contributed by atoms with Crippen LogP contribution in [0.3, 0.4) is 0 Å². The third-order valence-electron chi connectivity index (χ3n) is 6.01. The molecule has 0 aliphatic heterocycles. The molecule has 0 heterocycles. The molecular weight excluding hydrogens is 232 g/mol. The third kappa shape index (κ3) is 1.51. The highest BCUT2D eigenvalue weighted by Crippen LogP contribution is 2.57. The second-order valence-electron chi connectivity index (χ2n) is 6.81. The zero-order valence-corrected chi connectivity index (χ0v) is 11.7. The smallest absolute Gasteiger partial charge is 0.0599 e.